The van der Waals surface area contributed by atoms with Gasteiger partial charge in [-0.2, -0.15) is 0 Å². The summed E-state index contributed by atoms with van der Waals surface area (Å²) in [6.45, 7) is 4.85. The molecule has 0 heterocycles. The number of aliphatic carboxylic acids is 1. The number of hydrogen-bond acceptors (Lipinski definition) is 2. The fourth-order valence-corrected chi connectivity index (χ4v) is 8.90. The summed E-state index contributed by atoms with van der Waals surface area (Å²) in [6.07, 6.45) is 9.29. The first-order chi connectivity index (χ1) is 10.8. The van der Waals surface area contributed by atoms with Gasteiger partial charge in [0.15, 0.2) is 0 Å². The van der Waals surface area contributed by atoms with Crippen molar-refractivity contribution >= 4 is 5.97 Å². The molecule has 0 aromatic rings. The van der Waals surface area contributed by atoms with E-state index < -0.39 is 11.4 Å². The maximum atomic E-state index is 12.1. The predicted octanol–water partition coefficient (Wildman–Crippen LogP) is 3.70. The highest BCUT2D eigenvalue weighted by Crippen LogP contribution is 2.85. The molecule has 0 aromatic carbocycles. The Labute approximate surface area is 138 Å². The summed E-state index contributed by atoms with van der Waals surface area (Å²) in [5, 5.41) is 19.9. The van der Waals surface area contributed by atoms with Crippen LogP contribution in [0.15, 0.2) is 0 Å². The largest absolute Gasteiger partial charge is 0.481 e. The Balaban J connectivity index is 1.54. The molecule has 0 aromatic heterocycles. The quantitative estimate of drug-likeness (QED) is 0.816. The normalized spacial score (nSPS) is 62.4. The molecule has 6 aliphatic rings. The standard InChI is InChI=1S/C20H30O3/c1-17-5-3-6-18(2,16(22)23)14(17)4-7-19-9-13-12(8-15(17)19)20(13,10-19)11-21/h12-15,21H,3-11H2,1-2H3,(H,22,23). The van der Waals surface area contributed by atoms with Crippen LogP contribution in [0.1, 0.15) is 65.2 Å². The predicted molar refractivity (Wildman–Crippen MR) is 86.7 cm³/mol. The number of carboxylic acids is 1. The van der Waals surface area contributed by atoms with Crippen LogP contribution in [0.3, 0.4) is 0 Å². The molecule has 2 N–H and O–H groups in total. The third kappa shape index (κ3) is 1.42. The smallest absolute Gasteiger partial charge is 0.309 e. The summed E-state index contributed by atoms with van der Waals surface area (Å²) in [4.78, 5) is 12.1. The lowest BCUT2D eigenvalue weighted by atomic mass is 9.39. The topological polar surface area (TPSA) is 57.5 Å². The number of carboxylic acid groups (broad SMARTS) is 1. The Morgan fingerprint density at radius 3 is 2.57 bits per heavy atom. The van der Waals surface area contributed by atoms with Gasteiger partial charge in [-0.25, -0.2) is 0 Å². The molecule has 3 nitrogen and oxygen atoms in total. The molecule has 1 spiro atoms. The first-order valence-corrected chi connectivity index (χ1v) is 9.67. The Hall–Kier alpha value is -0.570. The van der Waals surface area contributed by atoms with Gasteiger partial charge in [-0.3, -0.25) is 4.79 Å². The van der Waals surface area contributed by atoms with Gasteiger partial charge in [0.25, 0.3) is 0 Å². The van der Waals surface area contributed by atoms with Gasteiger partial charge in [0, 0.05) is 12.0 Å². The molecule has 0 radical (unpaired) electrons. The molecule has 3 heteroatoms. The third-order valence-electron chi connectivity index (χ3n) is 9.88. The fourth-order valence-electron chi connectivity index (χ4n) is 8.90. The summed E-state index contributed by atoms with van der Waals surface area (Å²) >= 11 is 0. The van der Waals surface area contributed by atoms with Crippen molar-refractivity contribution in [3.05, 3.63) is 0 Å². The average molecular weight is 318 g/mol. The van der Waals surface area contributed by atoms with Crippen LogP contribution >= 0.6 is 0 Å². The average Bonchev–Trinajstić information content (AvgIpc) is 3.01. The molecule has 0 saturated heterocycles. The van der Waals surface area contributed by atoms with E-state index in [1.807, 2.05) is 6.92 Å². The van der Waals surface area contributed by atoms with Crippen LogP contribution < -0.4 is 0 Å². The molecule has 6 rings (SSSR count). The zero-order valence-corrected chi connectivity index (χ0v) is 14.5. The molecule has 128 valence electrons. The van der Waals surface area contributed by atoms with Crippen LogP contribution in [-0.4, -0.2) is 22.8 Å². The summed E-state index contributed by atoms with van der Waals surface area (Å²) in [7, 11) is 0. The monoisotopic (exact) mass is 318 g/mol. The minimum absolute atomic E-state index is 0.207. The van der Waals surface area contributed by atoms with E-state index in [1.54, 1.807) is 0 Å². The van der Waals surface area contributed by atoms with Gasteiger partial charge in [-0.05, 0) is 86.4 Å². The lowest BCUT2D eigenvalue weighted by Gasteiger charge is -2.65. The van der Waals surface area contributed by atoms with E-state index in [0.29, 0.717) is 23.9 Å². The van der Waals surface area contributed by atoms with Crippen molar-refractivity contribution in [3.63, 3.8) is 0 Å². The molecule has 4 bridgehead atoms. The van der Waals surface area contributed by atoms with Crippen LogP contribution in [0.5, 0.6) is 0 Å². The van der Waals surface area contributed by atoms with Crippen molar-refractivity contribution in [2.45, 2.75) is 65.2 Å². The zero-order valence-electron chi connectivity index (χ0n) is 14.5. The molecule has 6 fully saturated rings. The van der Waals surface area contributed by atoms with Crippen molar-refractivity contribution in [3.8, 4) is 0 Å². The Morgan fingerprint density at radius 1 is 1.13 bits per heavy atom. The minimum atomic E-state index is -0.567. The molecular formula is C20H30O3. The van der Waals surface area contributed by atoms with E-state index in [-0.39, 0.29) is 10.8 Å². The summed E-state index contributed by atoms with van der Waals surface area (Å²) in [6, 6.07) is 0. The SMILES string of the molecule is CC1(C(=O)O)CCCC2(C)C3CC4C5CC3(CCC12)CC45CO. The summed E-state index contributed by atoms with van der Waals surface area (Å²) in [5.41, 5.74) is 0.403. The molecular weight excluding hydrogens is 288 g/mol. The number of rotatable bonds is 2. The van der Waals surface area contributed by atoms with Crippen molar-refractivity contribution in [1.82, 2.24) is 0 Å². The van der Waals surface area contributed by atoms with Crippen LogP contribution in [0.25, 0.3) is 0 Å². The lowest BCUT2D eigenvalue weighted by Crippen LogP contribution is -2.59. The number of hydrogen-bond donors (Lipinski definition) is 2. The van der Waals surface area contributed by atoms with E-state index in [4.69, 9.17) is 0 Å². The summed E-state index contributed by atoms with van der Waals surface area (Å²) < 4.78 is 0. The van der Waals surface area contributed by atoms with Crippen LogP contribution in [0.2, 0.25) is 0 Å². The van der Waals surface area contributed by atoms with Gasteiger partial charge in [-0.1, -0.05) is 13.3 Å². The molecule has 8 unspecified atom stereocenters. The van der Waals surface area contributed by atoms with E-state index in [9.17, 15) is 15.0 Å². The first kappa shape index (κ1) is 14.7. The lowest BCUT2D eigenvalue weighted by molar-refractivity contribution is -0.187. The molecule has 0 aliphatic heterocycles. The zero-order chi connectivity index (χ0) is 16.3. The molecule has 8 atom stereocenters. The van der Waals surface area contributed by atoms with Gasteiger partial charge in [0.1, 0.15) is 0 Å². The molecule has 6 aliphatic carbocycles. The van der Waals surface area contributed by atoms with Gasteiger partial charge < -0.3 is 10.2 Å². The third-order valence-corrected chi connectivity index (χ3v) is 9.88. The van der Waals surface area contributed by atoms with Crippen LogP contribution in [-0.2, 0) is 4.79 Å². The van der Waals surface area contributed by atoms with Gasteiger partial charge in [-0.15, -0.1) is 0 Å². The summed E-state index contributed by atoms with van der Waals surface area (Å²) in [5.74, 6) is 2.02. The Morgan fingerprint density at radius 2 is 1.91 bits per heavy atom. The second kappa shape index (κ2) is 3.98. The second-order valence-corrected chi connectivity index (χ2v) is 10.3. The Bertz CT molecular complexity index is 587. The molecule has 6 saturated carbocycles. The van der Waals surface area contributed by atoms with Gasteiger partial charge in [0.2, 0.25) is 0 Å². The minimum Gasteiger partial charge on any atom is -0.481 e. The number of carbonyl (C=O) groups is 1. The van der Waals surface area contributed by atoms with E-state index >= 15 is 0 Å². The van der Waals surface area contributed by atoms with Crippen LogP contribution in [0, 0.1) is 45.3 Å². The van der Waals surface area contributed by atoms with Crippen LogP contribution in [0.4, 0.5) is 0 Å². The second-order valence-electron chi connectivity index (χ2n) is 10.3. The van der Waals surface area contributed by atoms with Crippen molar-refractivity contribution < 1.29 is 15.0 Å². The highest BCUT2D eigenvalue weighted by molar-refractivity contribution is 5.75. The van der Waals surface area contributed by atoms with Gasteiger partial charge >= 0.3 is 5.97 Å². The van der Waals surface area contributed by atoms with Crippen molar-refractivity contribution in [1.29, 1.82) is 0 Å². The van der Waals surface area contributed by atoms with E-state index in [2.05, 4.69) is 6.92 Å². The van der Waals surface area contributed by atoms with Gasteiger partial charge in [0.05, 0.1) is 5.41 Å². The highest BCUT2D eigenvalue weighted by atomic mass is 16.4. The maximum Gasteiger partial charge on any atom is 0.309 e. The van der Waals surface area contributed by atoms with E-state index in [0.717, 1.165) is 31.1 Å². The molecule has 23 heavy (non-hydrogen) atoms. The Kier molecular flexibility index (Phi) is 2.55. The van der Waals surface area contributed by atoms with Crippen molar-refractivity contribution in [2.75, 3.05) is 6.61 Å². The highest BCUT2D eigenvalue weighted by Gasteiger charge is 2.80. The molecule has 0 amide bonds. The van der Waals surface area contributed by atoms with E-state index in [1.165, 1.54) is 32.1 Å². The number of aliphatic hydroxyl groups excluding tert-OH is 1. The fraction of sp³-hybridized carbons (Fsp3) is 0.950. The number of aliphatic hydroxyl groups is 1. The maximum absolute atomic E-state index is 12.1. The van der Waals surface area contributed by atoms with Crippen molar-refractivity contribution in [2.24, 2.45) is 45.3 Å². The first-order valence-electron chi connectivity index (χ1n) is 9.67. The number of fused-ring (bicyclic) bond motifs is 1.